The Morgan fingerprint density at radius 3 is 1.86 bits per heavy atom. The minimum Gasteiger partial charge on any atom is -0.465 e. The van der Waals surface area contributed by atoms with Crippen LogP contribution in [0.25, 0.3) is 11.1 Å². The summed E-state index contributed by atoms with van der Waals surface area (Å²) in [6.45, 7) is 6.29. The van der Waals surface area contributed by atoms with Crippen molar-refractivity contribution in [2.45, 2.75) is 32.2 Å². The zero-order valence-electron chi connectivity index (χ0n) is 13.2. The molecular weight excluding hydrogens is 274 g/mol. The molecule has 0 heterocycles. The number of carboxylic acid groups (broad SMARTS) is 1. The fraction of sp³-hybridized carbons (Fsp3) is 0.316. The monoisotopic (exact) mass is 295 g/mol. The van der Waals surface area contributed by atoms with E-state index in [0.717, 1.165) is 0 Å². The van der Waals surface area contributed by atoms with Crippen molar-refractivity contribution in [2.75, 3.05) is 6.54 Å². The molecule has 22 heavy (non-hydrogen) atoms. The standard InChI is InChI=1S/C19H21NO2/c1-19(2,3)20(18(21)22)12-17-15-10-6-4-8-13(15)14-9-5-7-11-16(14)17/h4-11,17H,12H2,1-3H3,(H,21,22). The number of carbonyl (C=O) groups is 1. The molecular formula is C19H21NO2. The predicted octanol–water partition coefficient (Wildman–Crippen LogP) is 4.58. The number of hydrogen-bond acceptors (Lipinski definition) is 1. The van der Waals surface area contributed by atoms with Crippen molar-refractivity contribution in [3.8, 4) is 11.1 Å². The van der Waals surface area contributed by atoms with E-state index in [1.807, 2.05) is 45.0 Å². The summed E-state index contributed by atoms with van der Waals surface area (Å²) in [6.07, 6.45) is -0.866. The molecule has 0 saturated heterocycles. The summed E-state index contributed by atoms with van der Waals surface area (Å²) < 4.78 is 0. The summed E-state index contributed by atoms with van der Waals surface area (Å²) in [7, 11) is 0. The number of benzene rings is 2. The van der Waals surface area contributed by atoms with Crippen molar-refractivity contribution in [1.29, 1.82) is 0 Å². The summed E-state index contributed by atoms with van der Waals surface area (Å²) in [4.78, 5) is 13.2. The molecule has 3 heteroatoms. The van der Waals surface area contributed by atoms with Crippen LogP contribution in [-0.2, 0) is 0 Å². The fourth-order valence-corrected chi connectivity index (χ4v) is 3.28. The van der Waals surface area contributed by atoms with E-state index in [1.165, 1.54) is 27.2 Å². The molecule has 0 spiro atoms. The Kier molecular flexibility index (Phi) is 3.44. The van der Waals surface area contributed by atoms with Crippen LogP contribution >= 0.6 is 0 Å². The van der Waals surface area contributed by atoms with Crippen molar-refractivity contribution in [3.63, 3.8) is 0 Å². The van der Waals surface area contributed by atoms with Crippen LogP contribution in [0.3, 0.4) is 0 Å². The van der Waals surface area contributed by atoms with E-state index in [-0.39, 0.29) is 5.92 Å². The van der Waals surface area contributed by atoms with Crippen molar-refractivity contribution < 1.29 is 9.90 Å². The third-order valence-corrected chi connectivity index (χ3v) is 4.37. The Bertz CT molecular complexity index is 670. The molecule has 3 nitrogen and oxygen atoms in total. The molecule has 1 aliphatic rings. The van der Waals surface area contributed by atoms with Gasteiger partial charge in [-0.05, 0) is 43.0 Å². The van der Waals surface area contributed by atoms with Crippen LogP contribution in [0.4, 0.5) is 4.79 Å². The lowest BCUT2D eigenvalue weighted by atomic mass is 9.94. The first-order valence-electron chi connectivity index (χ1n) is 7.58. The normalized spacial score (nSPS) is 13.6. The maximum absolute atomic E-state index is 11.7. The van der Waals surface area contributed by atoms with Gasteiger partial charge in [0.25, 0.3) is 0 Å². The molecule has 114 valence electrons. The second-order valence-corrected chi connectivity index (χ2v) is 6.79. The minimum atomic E-state index is -0.866. The highest BCUT2D eigenvalue weighted by Gasteiger charge is 2.34. The first-order valence-corrected chi connectivity index (χ1v) is 7.58. The summed E-state index contributed by atoms with van der Waals surface area (Å²) in [5.41, 5.74) is 4.47. The maximum Gasteiger partial charge on any atom is 0.407 e. The Morgan fingerprint density at radius 2 is 1.45 bits per heavy atom. The number of amides is 1. The average Bonchev–Trinajstić information content (AvgIpc) is 2.77. The van der Waals surface area contributed by atoms with E-state index in [1.54, 1.807) is 0 Å². The van der Waals surface area contributed by atoms with Gasteiger partial charge in [-0.2, -0.15) is 0 Å². The smallest absolute Gasteiger partial charge is 0.407 e. The fourth-order valence-electron chi connectivity index (χ4n) is 3.28. The van der Waals surface area contributed by atoms with Gasteiger partial charge in [-0.15, -0.1) is 0 Å². The maximum atomic E-state index is 11.7. The van der Waals surface area contributed by atoms with Gasteiger partial charge in [-0.1, -0.05) is 48.5 Å². The largest absolute Gasteiger partial charge is 0.465 e. The molecule has 1 aliphatic carbocycles. The molecule has 0 fully saturated rings. The molecule has 0 aromatic heterocycles. The molecule has 0 saturated carbocycles. The van der Waals surface area contributed by atoms with Gasteiger partial charge < -0.3 is 10.0 Å². The third-order valence-electron chi connectivity index (χ3n) is 4.37. The Balaban J connectivity index is 2.06. The van der Waals surface area contributed by atoms with Gasteiger partial charge in [0.15, 0.2) is 0 Å². The van der Waals surface area contributed by atoms with Crippen molar-refractivity contribution in [1.82, 2.24) is 4.90 Å². The molecule has 0 aliphatic heterocycles. The highest BCUT2D eigenvalue weighted by atomic mass is 16.4. The van der Waals surface area contributed by atoms with Gasteiger partial charge >= 0.3 is 6.09 Å². The van der Waals surface area contributed by atoms with Crippen LogP contribution in [0.15, 0.2) is 48.5 Å². The van der Waals surface area contributed by atoms with Crippen LogP contribution < -0.4 is 0 Å². The summed E-state index contributed by atoms with van der Waals surface area (Å²) in [5, 5.41) is 9.59. The van der Waals surface area contributed by atoms with E-state index in [4.69, 9.17) is 0 Å². The topological polar surface area (TPSA) is 40.5 Å². The molecule has 0 bridgehead atoms. The first-order chi connectivity index (χ1) is 10.4. The van der Waals surface area contributed by atoms with Gasteiger partial charge in [0.1, 0.15) is 0 Å². The minimum absolute atomic E-state index is 0.0997. The van der Waals surface area contributed by atoms with Crippen LogP contribution in [0, 0.1) is 0 Å². The SMILES string of the molecule is CC(C)(C)N(CC1c2ccccc2-c2ccccc21)C(=O)O. The summed E-state index contributed by atoms with van der Waals surface area (Å²) in [5.74, 6) is 0.0997. The van der Waals surface area contributed by atoms with Crippen LogP contribution in [0.1, 0.15) is 37.8 Å². The van der Waals surface area contributed by atoms with Crippen molar-refractivity contribution in [2.24, 2.45) is 0 Å². The highest BCUT2D eigenvalue weighted by Crippen LogP contribution is 2.45. The van der Waals surface area contributed by atoms with E-state index in [2.05, 4.69) is 24.3 Å². The Hall–Kier alpha value is -2.29. The number of nitrogens with zero attached hydrogens (tertiary/aromatic N) is 1. The van der Waals surface area contributed by atoms with Crippen LogP contribution in [0.2, 0.25) is 0 Å². The molecule has 2 aromatic rings. The lowest BCUT2D eigenvalue weighted by molar-refractivity contribution is 0.0983. The zero-order valence-corrected chi connectivity index (χ0v) is 13.2. The zero-order chi connectivity index (χ0) is 15.9. The Labute approximate surface area is 131 Å². The summed E-state index contributed by atoms with van der Waals surface area (Å²) in [6, 6.07) is 16.6. The molecule has 0 unspecified atom stereocenters. The molecule has 0 radical (unpaired) electrons. The molecule has 0 atom stereocenters. The van der Waals surface area contributed by atoms with E-state index < -0.39 is 11.6 Å². The number of fused-ring (bicyclic) bond motifs is 3. The summed E-state index contributed by atoms with van der Waals surface area (Å²) >= 11 is 0. The number of hydrogen-bond donors (Lipinski definition) is 1. The van der Waals surface area contributed by atoms with Crippen LogP contribution in [0.5, 0.6) is 0 Å². The van der Waals surface area contributed by atoms with E-state index >= 15 is 0 Å². The lowest BCUT2D eigenvalue weighted by Gasteiger charge is -2.35. The van der Waals surface area contributed by atoms with Crippen molar-refractivity contribution >= 4 is 6.09 Å². The van der Waals surface area contributed by atoms with Gasteiger partial charge in [0.05, 0.1) is 0 Å². The molecule has 1 N–H and O–H groups in total. The third kappa shape index (κ3) is 2.37. The van der Waals surface area contributed by atoms with Gasteiger partial charge in [-0.3, -0.25) is 0 Å². The van der Waals surface area contributed by atoms with Crippen molar-refractivity contribution in [3.05, 3.63) is 59.7 Å². The quantitative estimate of drug-likeness (QED) is 0.881. The number of rotatable bonds is 2. The molecule has 1 amide bonds. The van der Waals surface area contributed by atoms with Gasteiger partial charge in [0, 0.05) is 18.0 Å². The van der Waals surface area contributed by atoms with E-state index in [9.17, 15) is 9.90 Å². The van der Waals surface area contributed by atoms with E-state index in [0.29, 0.717) is 6.54 Å². The molecule has 2 aromatic carbocycles. The Morgan fingerprint density at radius 1 is 1.00 bits per heavy atom. The average molecular weight is 295 g/mol. The highest BCUT2D eigenvalue weighted by molar-refractivity contribution is 5.79. The second kappa shape index (κ2) is 5.16. The second-order valence-electron chi connectivity index (χ2n) is 6.79. The lowest BCUT2D eigenvalue weighted by Crippen LogP contribution is -2.46. The first kappa shape index (κ1) is 14.6. The predicted molar refractivity (Wildman–Crippen MR) is 88.2 cm³/mol. The van der Waals surface area contributed by atoms with Gasteiger partial charge in [-0.25, -0.2) is 4.79 Å². The van der Waals surface area contributed by atoms with Crippen LogP contribution in [-0.4, -0.2) is 28.2 Å². The molecule has 3 rings (SSSR count). The van der Waals surface area contributed by atoms with Gasteiger partial charge in [0.2, 0.25) is 0 Å².